The van der Waals surface area contributed by atoms with Crippen LogP contribution in [0.25, 0.3) is 0 Å². The first-order valence-electron chi connectivity index (χ1n) is 7.63. The van der Waals surface area contributed by atoms with Crippen molar-refractivity contribution in [3.8, 4) is 0 Å². The van der Waals surface area contributed by atoms with Crippen LogP contribution in [0.5, 0.6) is 0 Å². The molecular weight excluding hydrogens is 250 g/mol. The molecule has 1 N–H and O–H groups in total. The van der Waals surface area contributed by atoms with Gasteiger partial charge >= 0.3 is 0 Å². The molecule has 0 aliphatic carbocycles. The molecule has 1 nitrogen and oxygen atoms in total. The number of nitrogens with one attached hydrogen (secondary N) is 1. The van der Waals surface area contributed by atoms with Gasteiger partial charge in [0.1, 0.15) is 0 Å². The van der Waals surface area contributed by atoms with Crippen molar-refractivity contribution in [1.82, 2.24) is 5.32 Å². The average molecular weight is 279 g/mol. The predicted molar refractivity (Wildman–Crippen MR) is 87.9 cm³/mol. The van der Waals surface area contributed by atoms with E-state index in [0.29, 0.717) is 6.04 Å². The SMILES string of the molecule is CCCNC(C)c1ccc(SCC(C)CCC)cc1. The van der Waals surface area contributed by atoms with Crippen LogP contribution >= 0.6 is 11.8 Å². The van der Waals surface area contributed by atoms with Crippen LogP contribution in [0, 0.1) is 5.92 Å². The van der Waals surface area contributed by atoms with Crippen molar-refractivity contribution in [1.29, 1.82) is 0 Å². The van der Waals surface area contributed by atoms with Gasteiger partial charge in [-0.3, -0.25) is 0 Å². The molecule has 0 saturated heterocycles. The molecule has 0 bridgehead atoms. The minimum atomic E-state index is 0.456. The fourth-order valence-electron chi connectivity index (χ4n) is 2.15. The summed E-state index contributed by atoms with van der Waals surface area (Å²) in [4.78, 5) is 1.40. The van der Waals surface area contributed by atoms with E-state index in [9.17, 15) is 0 Å². The summed E-state index contributed by atoms with van der Waals surface area (Å²) in [6, 6.07) is 9.52. The molecule has 0 saturated carbocycles. The molecule has 0 radical (unpaired) electrons. The zero-order valence-electron chi connectivity index (χ0n) is 12.9. The van der Waals surface area contributed by atoms with Crippen LogP contribution < -0.4 is 5.32 Å². The summed E-state index contributed by atoms with van der Waals surface area (Å²) in [6.45, 7) is 10.1. The minimum Gasteiger partial charge on any atom is -0.310 e. The minimum absolute atomic E-state index is 0.456. The highest BCUT2D eigenvalue weighted by Crippen LogP contribution is 2.24. The summed E-state index contributed by atoms with van der Waals surface area (Å²) < 4.78 is 0. The van der Waals surface area contributed by atoms with Gasteiger partial charge in [-0.1, -0.05) is 45.7 Å². The Labute approximate surface area is 123 Å². The van der Waals surface area contributed by atoms with Crippen molar-refractivity contribution in [2.75, 3.05) is 12.3 Å². The highest BCUT2D eigenvalue weighted by atomic mass is 32.2. The first kappa shape index (κ1) is 16.6. The smallest absolute Gasteiger partial charge is 0.0291 e. The Balaban J connectivity index is 2.42. The van der Waals surface area contributed by atoms with Crippen LogP contribution in [-0.4, -0.2) is 12.3 Å². The molecule has 1 aromatic rings. The zero-order chi connectivity index (χ0) is 14.1. The second-order valence-corrected chi connectivity index (χ2v) is 6.54. The van der Waals surface area contributed by atoms with Crippen molar-refractivity contribution < 1.29 is 0 Å². The van der Waals surface area contributed by atoms with Gasteiger partial charge in [0.25, 0.3) is 0 Å². The standard InChI is InChI=1S/C17H29NS/c1-5-7-14(3)13-19-17-10-8-16(9-11-17)15(4)18-12-6-2/h8-11,14-15,18H,5-7,12-13H2,1-4H3. The molecule has 2 atom stereocenters. The normalized spacial score (nSPS) is 14.3. The second-order valence-electron chi connectivity index (χ2n) is 5.45. The van der Waals surface area contributed by atoms with Crippen LogP contribution in [0.15, 0.2) is 29.2 Å². The quantitative estimate of drug-likeness (QED) is 0.618. The first-order valence-corrected chi connectivity index (χ1v) is 8.62. The molecule has 108 valence electrons. The molecule has 0 aliphatic heterocycles. The summed E-state index contributed by atoms with van der Waals surface area (Å²) in [7, 11) is 0. The van der Waals surface area contributed by atoms with Gasteiger partial charge in [-0.15, -0.1) is 11.8 Å². The van der Waals surface area contributed by atoms with Crippen LogP contribution in [0.1, 0.15) is 58.6 Å². The number of hydrogen-bond acceptors (Lipinski definition) is 2. The largest absolute Gasteiger partial charge is 0.310 e. The predicted octanol–water partition coefficient (Wildman–Crippen LogP) is 5.28. The van der Waals surface area contributed by atoms with Crippen LogP contribution in [-0.2, 0) is 0 Å². The second kappa shape index (κ2) is 9.44. The molecule has 0 aromatic heterocycles. The third kappa shape index (κ3) is 6.49. The molecule has 2 heteroatoms. The Bertz CT molecular complexity index is 334. The number of hydrogen-bond donors (Lipinski definition) is 1. The third-order valence-electron chi connectivity index (χ3n) is 3.40. The van der Waals surface area contributed by atoms with Gasteiger partial charge in [-0.05, 0) is 43.5 Å². The van der Waals surface area contributed by atoms with E-state index >= 15 is 0 Å². The monoisotopic (exact) mass is 279 g/mol. The van der Waals surface area contributed by atoms with Gasteiger partial charge in [-0.2, -0.15) is 0 Å². The maximum atomic E-state index is 3.53. The molecule has 0 heterocycles. The summed E-state index contributed by atoms with van der Waals surface area (Å²) in [5.74, 6) is 2.05. The van der Waals surface area contributed by atoms with Gasteiger partial charge in [0.15, 0.2) is 0 Å². The van der Waals surface area contributed by atoms with Crippen LogP contribution in [0.3, 0.4) is 0 Å². The van der Waals surface area contributed by atoms with E-state index < -0.39 is 0 Å². The molecule has 0 fully saturated rings. The maximum absolute atomic E-state index is 3.53. The maximum Gasteiger partial charge on any atom is 0.0291 e. The van der Waals surface area contributed by atoms with Gasteiger partial charge in [0, 0.05) is 16.7 Å². The van der Waals surface area contributed by atoms with E-state index in [1.54, 1.807) is 0 Å². The van der Waals surface area contributed by atoms with Crippen molar-refractivity contribution in [3.05, 3.63) is 29.8 Å². The third-order valence-corrected chi connectivity index (χ3v) is 4.74. The van der Waals surface area contributed by atoms with E-state index in [-0.39, 0.29) is 0 Å². The topological polar surface area (TPSA) is 12.0 Å². The lowest BCUT2D eigenvalue weighted by Gasteiger charge is -2.14. The first-order chi connectivity index (χ1) is 9.17. The average Bonchev–Trinajstić information content (AvgIpc) is 2.43. The molecular formula is C17H29NS. The Morgan fingerprint density at radius 2 is 1.74 bits per heavy atom. The van der Waals surface area contributed by atoms with E-state index in [4.69, 9.17) is 0 Å². The van der Waals surface area contributed by atoms with Gasteiger partial charge in [0.2, 0.25) is 0 Å². The molecule has 0 amide bonds. The molecule has 0 spiro atoms. The Morgan fingerprint density at radius 3 is 2.32 bits per heavy atom. The fourth-order valence-corrected chi connectivity index (χ4v) is 3.12. The molecule has 1 rings (SSSR count). The summed E-state index contributed by atoms with van der Waals surface area (Å²) in [5, 5.41) is 3.53. The van der Waals surface area contributed by atoms with Gasteiger partial charge < -0.3 is 5.32 Å². The van der Waals surface area contributed by atoms with Crippen LogP contribution in [0.2, 0.25) is 0 Å². The lowest BCUT2D eigenvalue weighted by molar-refractivity contribution is 0.570. The highest BCUT2D eigenvalue weighted by Gasteiger charge is 2.05. The van der Waals surface area contributed by atoms with Crippen molar-refractivity contribution >= 4 is 11.8 Å². The molecule has 19 heavy (non-hydrogen) atoms. The number of rotatable bonds is 9. The Morgan fingerprint density at radius 1 is 1.05 bits per heavy atom. The number of thioether (sulfide) groups is 1. The summed E-state index contributed by atoms with van der Waals surface area (Å²) >= 11 is 1.99. The lowest BCUT2D eigenvalue weighted by atomic mass is 10.1. The van der Waals surface area contributed by atoms with Crippen LogP contribution in [0.4, 0.5) is 0 Å². The Kier molecular flexibility index (Phi) is 8.24. The molecule has 1 aromatic carbocycles. The molecule has 2 unspecified atom stereocenters. The highest BCUT2D eigenvalue weighted by molar-refractivity contribution is 7.99. The number of benzene rings is 1. The van der Waals surface area contributed by atoms with Crippen molar-refractivity contribution in [3.63, 3.8) is 0 Å². The van der Waals surface area contributed by atoms with E-state index in [1.807, 2.05) is 11.8 Å². The van der Waals surface area contributed by atoms with E-state index in [2.05, 4.69) is 57.3 Å². The zero-order valence-corrected chi connectivity index (χ0v) is 13.7. The fraction of sp³-hybridized carbons (Fsp3) is 0.647. The van der Waals surface area contributed by atoms with E-state index in [0.717, 1.165) is 12.5 Å². The Hall–Kier alpha value is -0.470. The van der Waals surface area contributed by atoms with Crippen molar-refractivity contribution in [2.24, 2.45) is 5.92 Å². The van der Waals surface area contributed by atoms with Gasteiger partial charge in [-0.25, -0.2) is 0 Å². The summed E-state index contributed by atoms with van der Waals surface area (Å²) in [6.07, 6.45) is 3.82. The lowest BCUT2D eigenvalue weighted by Crippen LogP contribution is -2.19. The van der Waals surface area contributed by atoms with Crippen molar-refractivity contribution in [2.45, 2.75) is 57.9 Å². The van der Waals surface area contributed by atoms with Gasteiger partial charge in [0.05, 0.1) is 0 Å². The van der Waals surface area contributed by atoms with E-state index in [1.165, 1.54) is 35.5 Å². The summed E-state index contributed by atoms with van der Waals surface area (Å²) in [5.41, 5.74) is 1.39. The molecule has 0 aliphatic rings.